The molecule has 0 atom stereocenters. The van der Waals surface area contributed by atoms with Gasteiger partial charge >= 0.3 is 0 Å². The highest BCUT2D eigenvalue weighted by molar-refractivity contribution is 7.80. The summed E-state index contributed by atoms with van der Waals surface area (Å²) in [5.74, 6) is 0. The molecule has 0 radical (unpaired) electrons. The molecule has 2 aromatic carbocycles. The van der Waals surface area contributed by atoms with Gasteiger partial charge in [-0.2, -0.15) is 0 Å². The van der Waals surface area contributed by atoms with E-state index in [-0.39, 0.29) is 5.56 Å². The Morgan fingerprint density at radius 1 is 1.03 bits per heavy atom. The fourth-order valence-corrected chi connectivity index (χ4v) is 4.01. The van der Waals surface area contributed by atoms with Crippen molar-refractivity contribution in [2.75, 3.05) is 13.1 Å². The molecule has 0 aliphatic heterocycles. The number of benzene rings is 2. The molecule has 154 valence electrons. The van der Waals surface area contributed by atoms with E-state index in [0.29, 0.717) is 18.1 Å². The lowest BCUT2D eigenvalue weighted by molar-refractivity contribution is 0.686. The first-order valence-corrected chi connectivity index (χ1v) is 10.6. The fourth-order valence-electron chi connectivity index (χ4n) is 3.80. The van der Waals surface area contributed by atoms with Gasteiger partial charge in [0.05, 0.1) is 5.52 Å². The summed E-state index contributed by atoms with van der Waals surface area (Å²) in [6, 6.07) is 16.6. The molecule has 0 saturated heterocycles. The van der Waals surface area contributed by atoms with Crippen LogP contribution in [0.15, 0.2) is 59.5 Å². The number of H-pyrrole nitrogens is 1. The van der Waals surface area contributed by atoms with Crippen LogP contribution in [0.5, 0.6) is 0 Å². The second kappa shape index (κ2) is 8.71. The zero-order chi connectivity index (χ0) is 21.1. The van der Waals surface area contributed by atoms with Crippen molar-refractivity contribution in [3.63, 3.8) is 0 Å². The second-order valence-corrected chi connectivity index (χ2v) is 8.02. The molecule has 2 heterocycles. The van der Waals surface area contributed by atoms with E-state index in [4.69, 9.17) is 12.2 Å². The number of thiocarbonyl (C=S) groups is 1. The molecule has 4 rings (SSSR count). The first-order valence-electron chi connectivity index (χ1n) is 10.2. The number of nitrogens with one attached hydrogen (secondary N) is 3. The highest BCUT2D eigenvalue weighted by atomic mass is 32.1. The van der Waals surface area contributed by atoms with Gasteiger partial charge in [0.15, 0.2) is 5.11 Å². The van der Waals surface area contributed by atoms with Crippen molar-refractivity contribution >= 4 is 39.1 Å². The average molecular weight is 419 g/mol. The maximum Gasteiger partial charge on any atom is 0.251 e. The summed E-state index contributed by atoms with van der Waals surface area (Å²) in [5, 5.41) is 9.40. The monoisotopic (exact) mass is 418 g/mol. The third-order valence-corrected chi connectivity index (χ3v) is 5.81. The lowest BCUT2D eigenvalue weighted by Gasteiger charge is -2.12. The number of nitrogens with zero attached hydrogens (tertiary/aromatic N) is 1. The molecule has 4 aromatic rings. The Morgan fingerprint density at radius 3 is 2.67 bits per heavy atom. The minimum Gasteiger partial charge on any atom is -0.362 e. The predicted molar refractivity (Wildman–Crippen MR) is 128 cm³/mol. The molecular weight excluding hydrogens is 392 g/mol. The number of pyridine rings is 1. The lowest BCUT2D eigenvalue weighted by atomic mass is 10.0. The maximum atomic E-state index is 12.4. The number of hydrogen-bond acceptors (Lipinski definition) is 2. The molecule has 0 fully saturated rings. The highest BCUT2D eigenvalue weighted by Crippen LogP contribution is 2.19. The summed E-state index contributed by atoms with van der Waals surface area (Å²) >= 11 is 5.39. The van der Waals surface area contributed by atoms with Crippen LogP contribution in [0.3, 0.4) is 0 Å². The second-order valence-electron chi connectivity index (χ2n) is 7.61. The van der Waals surface area contributed by atoms with Gasteiger partial charge in [-0.1, -0.05) is 30.3 Å². The lowest BCUT2D eigenvalue weighted by Crippen LogP contribution is -2.38. The van der Waals surface area contributed by atoms with E-state index in [1.54, 1.807) is 0 Å². The molecule has 0 amide bonds. The van der Waals surface area contributed by atoms with Crippen molar-refractivity contribution in [3.05, 3.63) is 81.8 Å². The van der Waals surface area contributed by atoms with Crippen molar-refractivity contribution in [3.8, 4) is 0 Å². The molecule has 0 aliphatic carbocycles. The van der Waals surface area contributed by atoms with E-state index in [1.807, 2.05) is 25.1 Å². The molecule has 0 aliphatic rings. The number of aromatic amines is 1. The van der Waals surface area contributed by atoms with E-state index in [0.717, 1.165) is 40.7 Å². The number of para-hydroxylation sites is 1. The van der Waals surface area contributed by atoms with Gasteiger partial charge in [0.1, 0.15) is 0 Å². The van der Waals surface area contributed by atoms with Crippen LogP contribution >= 0.6 is 12.2 Å². The third kappa shape index (κ3) is 4.24. The maximum absolute atomic E-state index is 12.4. The molecule has 3 N–H and O–H groups in total. The summed E-state index contributed by atoms with van der Waals surface area (Å²) in [5.41, 5.74) is 5.13. The van der Waals surface area contributed by atoms with Crippen molar-refractivity contribution in [1.29, 1.82) is 0 Å². The molecule has 0 spiro atoms. The summed E-state index contributed by atoms with van der Waals surface area (Å²) < 4.78 is 2.21. The van der Waals surface area contributed by atoms with Gasteiger partial charge in [0.2, 0.25) is 0 Å². The van der Waals surface area contributed by atoms with Crippen LogP contribution in [0.25, 0.3) is 21.8 Å². The van der Waals surface area contributed by atoms with Crippen LogP contribution < -0.4 is 16.2 Å². The Bertz CT molecular complexity index is 1270. The molecule has 30 heavy (non-hydrogen) atoms. The zero-order valence-electron chi connectivity index (χ0n) is 17.3. The Balaban J connectivity index is 1.30. The Kier molecular flexibility index (Phi) is 5.86. The number of aryl methyl sites for hydroxylation is 2. The van der Waals surface area contributed by atoms with Crippen molar-refractivity contribution in [2.45, 2.75) is 26.8 Å². The van der Waals surface area contributed by atoms with Crippen molar-refractivity contribution in [1.82, 2.24) is 20.2 Å². The standard InChI is InChI=1S/C24H26N4OS/c1-16-7-8-17(2)22-20(16)15-19(23(29)27-22)9-11-25-24(30)26-12-14-28-13-10-18-5-3-4-6-21(18)28/h3-8,10,13,15H,9,11-12,14H2,1-2H3,(H,27,29)(H2,25,26,30). The van der Waals surface area contributed by atoms with E-state index in [1.165, 1.54) is 10.9 Å². The normalized spacial score (nSPS) is 11.1. The topological polar surface area (TPSA) is 61.9 Å². The van der Waals surface area contributed by atoms with Gasteiger partial charge in [-0.05, 0) is 67.2 Å². The molecule has 6 heteroatoms. The molecule has 0 unspecified atom stereocenters. The Morgan fingerprint density at radius 2 is 1.80 bits per heavy atom. The number of aromatic nitrogens is 2. The van der Waals surface area contributed by atoms with Gasteiger partial charge in [-0.15, -0.1) is 0 Å². The summed E-state index contributed by atoms with van der Waals surface area (Å²) in [6.07, 6.45) is 2.71. The molecular formula is C24H26N4OS. The third-order valence-electron chi connectivity index (χ3n) is 5.52. The number of fused-ring (bicyclic) bond motifs is 2. The molecule has 2 aromatic heterocycles. The van der Waals surface area contributed by atoms with Gasteiger partial charge in [0, 0.05) is 42.3 Å². The Labute approximate surface area is 181 Å². The summed E-state index contributed by atoms with van der Waals surface area (Å²) in [6.45, 7) is 6.25. The van der Waals surface area contributed by atoms with Gasteiger partial charge in [-0.3, -0.25) is 4.79 Å². The van der Waals surface area contributed by atoms with Crippen LogP contribution in [0.4, 0.5) is 0 Å². The smallest absolute Gasteiger partial charge is 0.251 e. The minimum atomic E-state index is -0.0311. The van der Waals surface area contributed by atoms with Crippen molar-refractivity contribution in [2.24, 2.45) is 0 Å². The highest BCUT2D eigenvalue weighted by Gasteiger charge is 2.07. The molecule has 5 nitrogen and oxygen atoms in total. The first kappa shape index (κ1) is 20.2. The minimum absolute atomic E-state index is 0.0311. The zero-order valence-corrected chi connectivity index (χ0v) is 18.1. The number of rotatable bonds is 6. The van der Waals surface area contributed by atoms with Gasteiger partial charge in [0.25, 0.3) is 5.56 Å². The molecule has 0 saturated carbocycles. The fraction of sp³-hybridized carbons (Fsp3) is 0.250. The van der Waals surface area contributed by atoms with Crippen LogP contribution in [0, 0.1) is 13.8 Å². The first-order chi connectivity index (χ1) is 14.5. The van der Waals surface area contributed by atoms with Crippen molar-refractivity contribution < 1.29 is 0 Å². The largest absolute Gasteiger partial charge is 0.362 e. The van der Waals surface area contributed by atoms with Crippen LogP contribution in [-0.4, -0.2) is 27.8 Å². The van der Waals surface area contributed by atoms with Crippen LogP contribution in [0.1, 0.15) is 16.7 Å². The SMILES string of the molecule is Cc1ccc(C)c2[nH]c(=O)c(CCNC(=S)NCCn3ccc4ccccc43)cc12. The number of hydrogen-bond donors (Lipinski definition) is 3. The summed E-state index contributed by atoms with van der Waals surface area (Å²) in [7, 11) is 0. The van der Waals surface area contributed by atoms with Crippen LogP contribution in [0.2, 0.25) is 0 Å². The van der Waals surface area contributed by atoms with Gasteiger partial charge in [-0.25, -0.2) is 0 Å². The Hall–Kier alpha value is -3.12. The van der Waals surface area contributed by atoms with E-state index in [2.05, 4.69) is 63.6 Å². The van der Waals surface area contributed by atoms with E-state index in [9.17, 15) is 4.79 Å². The van der Waals surface area contributed by atoms with E-state index >= 15 is 0 Å². The van der Waals surface area contributed by atoms with Gasteiger partial charge < -0.3 is 20.2 Å². The van der Waals surface area contributed by atoms with E-state index < -0.39 is 0 Å². The predicted octanol–water partition coefficient (Wildman–Crippen LogP) is 3.81. The summed E-state index contributed by atoms with van der Waals surface area (Å²) in [4.78, 5) is 15.5. The average Bonchev–Trinajstić information content (AvgIpc) is 3.15. The molecule has 0 bridgehead atoms. The van der Waals surface area contributed by atoms with Crippen LogP contribution in [-0.2, 0) is 13.0 Å². The quantitative estimate of drug-likeness (QED) is 0.417.